The molecule has 136 valence electrons. The molecule has 26 heavy (non-hydrogen) atoms. The summed E-state index contributed by atoms with van der Waals surface area (Å²) in [5.41, 5.74) is 1.72. The van der Waals surface area contributed by atoms with Crippen molar-refractivity contribution >= 4 is 17.7 Å². The van der Waals surface area contributed by atoms with Gasteiger partial charge in [-0.3, -0.25) is 4.84 Å². The topological polar surface area (TPSA) is 106 Å². The number of rotatable bonds is 5. The zero-order valence-corrected chi connectivity index (χ0v) is 15.0. The molecule has 0 aromatic heterocycles. The first-order chi connectivity index (χ1) is 12.2. The van der Waals surface area contributed by atoms with Crippen molar-refractivity contribution in [1.29, 1.82) is 5.26 Å². The number of carboxylic acid groups (broad SMARTS) is 1. The highest BCUT2D eigenvalue weighted by atomic mass is 16.7. The van der Waals surface area contributed by atoms with Gasteiger partial charge in [0.05, 0.1) is 32.3 Å². The number of nitriles is 1. The number of urea groups is 1. The second-order valence-electron chi connectivity index (χ2n) is 5.82. The number of aliphatic carboxylic acids is 1. The van der Waals surface area contributed by atoms with Gasteiger partial charge < -0.3 is 5.11 Å². The van der Waals surface area contributed by atoms with Gasteiger partial charge in [-0.1, -0.05) is 21.9 Å². The molecule has 1 aliphatic rings. The lowest BCUT2D eigenvalue weighted by Gasteiger charge is -2.34. The Labute approximate surface area is 151 Å². The zero-order chi connectivity index (χ0) is 19.5. The lowest BCUT2D eigenvalue weighted by Crippen LogP contribution is -2.57. The van der Waals surface area contributed by atoms with Crippen molar-refractivity contribution in [3.63, 3.8) is 0 Å². The molecule has 1 unspecified atom stereocenters. The van der Waals surface area contributed by atoms with Gasteiger partial charge in [0, 0.05) is 6.08 Å². The van der Waals surface area contributed by atoms with E-state index in [1.54, 1.807) is 31.2 Å². The van der Waals surface area contributed by atoms with E-state index in [1.165, 1.54) is 32.3 Å². The minimum Gasteiger partial charge on any atom is -0.474 e. The molecule has 1 aliphatic heterocycles. The van der Waals surface area contributed by atoms with Crippen LogP contribution in [-0.2, 0) is 16.2 Å². The molecule has 0 saturated heterocycles. The van der Waals surface area contributed by atoms with Crippen molar-refractivity contribution in [2.45, 2.75) is 13.5 Å². The molecule has 1 heterocycles. The summed E-state index contributed by atoms with van der Waals surface area (Å²) in [5, 5.41) is 24.8. The molecule has 1 aromatic rings. The van der Waals surface area contributed by atoms with Gasteiger partial charge in [0.25, 0.3) is 5.70 Å². The van der Waals surface area contributed by atoms with Crippen LogP contribution in [0.2, 0.25) is 0 Å². The first-order valence-electron chi connectivity index (χ1n) is 7.70. The van der Waals surface area contributed by atoms with Gasteiger partial charge in [0.2, 0.25) is 0 Å². The van der Waals surface area contributed by atoms with Crippen LogP contribution in [-0.4, -0.2) is 58.8 Å². The van der Waals surface area contributed by atoms with E-state index in [0.717, 1.165) is 10.6 Å². The summed E-state index contributed by atoms with van der Waals surface area (Å²) in [6.45, 7) is 1.79. The van der Waals surface area contributed by atoms with Crippen LogP contribution in [0.5, 0.6) is 0 Å². The summed E-state index contributed by atoms with van der Waals surface area (Å²) in [5.74, 6) is -1.16. The fraction of sp³-hybridized carbons (Fsp3) is 0.294. The second kappa shape index (κ2) is 7.35. The molecule has 1 aromatic carbocycles. The number of amides is 2. The summed E-state index contributed by atoms with van der Waals surface area (Å²) < 4.78 is -0.548. The van der Waals surface area contributed by atoms with Crippen LogP contribution in [0.3, 0.4) is 0 Å². The van der Waals surface area contributed by atoms with Crippen LogP contribution in [0, 0.1) is 11.3 Å². The number of hydroxylamine groups is 2. The highest BCUT2D eigenvalue weighted by Gasteiger charge is 2.46. The van der Waals surface area contributed by atoms with E-state index in [9.17, 15) is 14.7 Å². The minimum atomic E-state index is -1.16. The van der Waals surface area contributed by atoms with Crippen molar-refractivity contribution in [2.24, 2.45) is 5.10 Å². The highest BCUT2D eigenvalue weighted by Crippen LogP contribution is 2.26. The van der Waals surface area contributed by atoms with Crippen molar-refractivity contribution in [3.8, 4) is 6.07 Å². The molecule has 1 N–H and O–H groups in total. The highest BCUT2D eigenvalue weighted by molar-refractivity contribution is 6.00. The largest absolute Gasteiger partial charge is 0.474 e. The van der Waals surface area contributed by atoms with E-state index in [-0.39, 0.29) is 12.2 Å². The van der Waals surface area contributed by atoms with E-state index in [0.29, 0.717) is 11.3 Å². The first-order valence-corrected chi connectivity index (χ1v) is 7.70. The number of nitrogens with zero attached hydrogens (tertiary/aromatic N) is 5. The second-order valence-corrected chi connectivity index (χ2v) is 5.82. The van der Waals surface area contributed by atoms with Crippen LogP contribution in [0.15, 0.2) is 41.1 Å². The van der Waals surface area contributed by atoms with Gasteiger partial charge in [0.1, 0.15) is 12.8 Å². The predicted octanol–water partition coefficient (Wildman–Crippen LogP) is 1.69. The molecule has 0 saturated carbocycles. The number of carbonyl (C=O) groups is 2. The quantitative estimate of drug-likeness (QED) is 0.637. The van der Waals surface area contributed by atoms with E-state index < -0.39 is 16.7 Å². The normalized spacial score (nSPS) is 18.6. The van der Waals surface area contributed by atoms with Crippen LogP contribution in [0.25, 0.3) is 0 Å². The average Bonchev–Trinajstić information content (AvgIpc) is 2.94. The molecule has 0 fully saturated rings. The van der Waals surface area contributed by atoms with Gasteiger partial charge in [0.15, 0.2) is 0 Å². The molecule has 0 bridgehead atoms. The van der Waals surface area contributed by atoms with Crippen molar-refractivity contribution in [1.82, 2.24) is 10.1 Å². The number of hydrogen-bond acceptors (Lipinski definition) is 5. The molecule has 0 spiro atoms. The lowest BCUT2D eigenvalue weighted by atomic mass is 10.1. The summed E-state index contributed by atoms with van der Waals surface area (Å²) in [4.78, 5) is 29.5. The third-order valence-electron chi connectivity index (χ3n) is 4.08. The van der Waals surface area contributed by atoms with Gasteiger partial charge in [-0.15, -0.1) is 5.01 Å². The van der Waals surface area contributed by atoms with Gasteiger partial charge in [-0.05, 0) is 24.6 Å². The van der Waals surface area contributed by atoms with Gasteiger partial charge in [-0.25, -0.2) is 9.59 Å². The summed E-state index contributed by atoms with van der Waals surface area (Å²) in [7, 11) is 4.30. The fourth-order valence-corrected chi connectivity index (χ4v) is 2.57. The predicted molar refractivity (Wildman–Crippen MR) is 91.9 cm³/mol. The van der Waals surface area contributed by atoms with E-state index in [1.807, 2.05) is 6.07 Å². The van der Waals surface area contributed by atoms with Gasteiger partial charge in [-0.2, -0.15) is 10.3 Å². The third kappa shape index (κ3) is 3.56. The number of hydrogen-bond donors (Lipinski definition) is 1. The smallest absolute Gasteiger partial charge is 0.395 e. The van der Waals surface area contributed by atoms with Crippen LogP contribution < -0.4 is 0 Å². The van der Waals surface area contributed by atoms with Crippen molar-refractivity contribution in [3.05, 3.63) is 47.2 Å². The number of carbonyl (C=O) groups excluding carboxylic acids is 1. The molecule has 9 nitrogen and oxygen atoms in total. The standard InChI is InChI=1S/C17H19N5O4/c1-12-9-15(16(23)24)22(3,19-12)20(2)17(25)21(26-4)11-14-7-5-13(10-18)6-8-14/h5-9H,11H2,1-4H3/p+1. The Bertz CT molecular complexity index is 825. The van der Waals surface area contributed by atoms with E-state index >= 15 is 0 Å². The number of carboxylic acids is 1. The number of allylic oxidation sites excluding steroid dienone is 1. The van der Waals surface area contributed by atoms with Crippen molar-refractivity contribution in [2.75, 3.05) is 21.2 Å². The maximum atomic E-state index is 12.8. The Morgan fingerprint density at radius 1 is 1.35 bits per heavy atom. The summed E-state index contributed by atoms with van der Waals surface area (Å²) in [6, 6.07) is 8.18. The van der Waals surface area contributed by atoms with Gasteiger partial charge >= 0.3 is 12.0 Å². The Morgan fingerprint density at radius 2 is 1.96 bits per heavy atom. The Morgan fingerprint density at radius 3 is 2.46 bits per heavy atom. The van der Waals surface area contributed by atoms with Crippen LogP contribution in [0.4, 0.5) is 4.79 Å². The number of quaternary nitrogens is 1. The maximum Gasteiger partial charge on any atom is 0.395 e. The van der Waals surface area contributed by atoms with E-state index in [2.05, 4.69) is 5.10 Å². The molecule has 2 rings (SSSR count). The Kier molecular flexibility index (Phi) is 5.40. The van der Waals surface area contributed by atoms with Crippen LogP contribution in [0.1, 0.15) is 18.1 Å². The summed E-state index contributed by atoms with van der Waals surface area (Å²) >= 11 is 0. The number of likely N-dealkylation sites (N-methyl/N-ethyl adjacent to an activating group) is 1. The monoisotopic (exact) mass is 358 g/mol. The molecule has 1 atom stereocenters. The SMILES string of the molecule is CON(Cc1ccc(C#N)cc1)C(=O)N(C)[N+]1(C)N=C(C)C=C1C(=O)O. The van der Waals surface area contributed by atoms with Crippen molar-refractivity contribution < 1.29 is 24.2 Å². The average molecular weight is 358 g/mol. The fourth-order valence-electron chi connectivity index (χ4n) is 2.57. The number of benzene rings is 1. The Balaban J connectivity index is 2.23. The first kappa shape index (κ1) is 19.1. The molecule has 0 radical (unpaired) electrons. The summed E-state index contributed by atoms with van der Waals surface area (Å²) in [6.07, 6.45) is 1.42. The Hall–Kier alpha value is -3.22. The molecule has 9 heteroatoms. The van der Waals surface area contributed by atoms with Crippen LogP contribution >= 0.6 is 0 Å². The third-order valence-corrected chi connectivity index (χ3v) is 4.08. The van der Waals surface area contributed by atoms with E-state index in [4.69, 9.17) is 10.1 Å². The zero-order valence-electron chi connectivity index (χ0n) is 15.0. The maximum absolute atomic E-state index is 12.8. The molecular formula is C17H20N5O4+. The molecule has 2 amide bonds. The molecular weight excluding hydrogens is 338 g/mol. The lowest BCUT2D eigenvalue weighted by molar-refractivity contribution is -0.972. The minimum absolute atomic E-state index is 0.0484. The molecule has 0 aliphatic carbocycles.